The third-order valence-corrected chi connectivity index (χ3v) is 6.58. The zero-order chi connectivity index (χ0) is 25.2. The maximum atomic E-state index is 13.1. The standard InChI is InChI=1S/C24H23Cl2N7O3/c1-15(22-18(25)11-27-12-19(22)26)36-33-20-7-3-2-6-17(20)23(30-33)24(35)29-16-10-28-32(13-16)14-21(34)31-8-4-5-9-31/h2-3,6-7,10-13,15H,4-5,8-9,14H2,1H3,(H,29,35). The van der Waals surface area contributed by atoms with Gasteiger partial charge >= 0.3 is 0 Å². The van der Waals surface area contributed by atoms with Crippen LogP contribution in [-0.2, 0) is 11.3 Å². The molecule has 5 rings (SSSR count). The molecule has 0 radical (unpaired) electrons. The molecule has 0 spiro atoms. The van der Waals surface area contributed by atoms with Gasteiger partial charge in [-0.1, -0.05) is 46.2 Å². The van der Waals surface area contributed by atoms with Crippen molar-refractivity contribution in [1.29, 1.82) is 0 Å². The van der Waals surface area contributed by atoms with Crippen molar-refractivity contribution in [2.75, 3.05) is 18.4 Å². The molecule has 12 heteroatoms. The Labute approximate surface area is 216 Å². The fourth-order valence-corrected chi connectivity index (χ4v) is 4.88. The summed E-state index contributed by atoms with van der Waals surface area (Å²) in [6.07, 6.45) is 7.58. The van der Waals surface area contributed by atoms with Gasteiger partial charge in [0.15, 0.2) is 11.8 Å². The van der Waals surface area contributed by atoms with E-state index in [2.05, 4.69) is 20.5 Å². The molecule has 3 aromatic heterocycles. The lowest BCUT2D eigenvalue weighted by Gasteiger charge is -2.16. The molecule has 1 atom stereocenters. The molecule has 0 aliphatic carbocycles. The molecule has 10 nitrogen and oxygen atoms in total. The largest absolute Gasteiger partial charge is 0.388 e. The maximum absolute atomic E-state index is 13.1. The highest BCUT2D eigenvalue weighted by Gasteiger charge is 2.23. The Balaban J connectivity index is 1.34. The van der Waals surface area contributed by atoms with Crippen molar-refractivity contribution >= 4 is 51.6 Å². The van der Waals surface area contributed by atoms with Crippen LogP contribution in [0.25, 0.3) is 10.9 Å². The lowest BCUT2D eigenvalue weighted by Crippen LogP contribution is -2.31. The minimum Gasteiger partial charge on any atom is -0.388 e. The van der Waals surface area contributed by atoms with Crippen LogP contribution in [0.1, 0.15) is 41.9 Å². The van der Waals surface area contributed by atoms with E-state index in [0.717, 1.165) is 25.9 Å². The SMILES string of the molecule is CC(On1nc(C(=O)Nc2cnn(CC(=O)N3CCCC3)c2)c2ccccc21)c1c(Cl)cncc1Cl. The zero-order valence-electron chi connectivity index (χ0n) is 19.4. The Bertz CT molecular complexity index is 1410. The molecule has 1 saturated heterocycles. The van der Waals surface area contributed by atoms with Crippen molar-refractivity contribution in [3.05, 3.63) is 70.4 Å². The molecule has 36 heavy (non-hydrogen) atoms. The third-order valence-electron chi connectivity index (χ3n) is 5.97. The van der Waals surface area contributed by atoms with Crippen molar-refractivity contribution in [3.8, 4) is 0 Å². The molecule has 1 unspecified atom stereocenters. The predicted molar refractivity (Wildman–Crippen MR) is 135 cm³/mol. The number of aromatic nitrogens is 5. The Morgan fingerprint density at radius 3 is 2.58 bits per heavy atom. The molecule has 4 aromatic rings. The number of hydrogen-bond donors (Lipinski definition) is 1. The number of nitrogens with one attached hydrogen (secondary N) is 1. The first-order valence-corrected chi connectivity index (χ1v) is 12.2. The summed E-state index contributed by atoms with van der Waals surface area (Å²) < 4.78 is 1.51. The topological polar surface area (TPSA) is 107 Å². The van der Waals surface area contributed by atoms with E-state index in [1.807, 2.05) is 17.0 Å². The highest BCUT2D eigenvalue weighted by atomic mass is 35.5. The van der Waals surface area contributed by atoms with Crippen LogP contribution < -0.4 is 10.2 Å². The number of amides is 2. The number of pyridine rings is 1. The number of carbonyl (C=O) groups is 2. The van der Waals surface area contributed by atoms with Gasteiger partial charge in [0.05, 0.1) is 21.9 Å². The number of carbonyl (C=O) groups excluding carboxylic acids is 2. The van der Waals surface area contributed by atoms with Crippen LogP contribution in [0.15, 0.2) is 49.1 Å². The van der Waals surface area contributed by atoms with Crippen LogP contribution in [0, 0.1) is 0 Å². The van der Waals surface area contributed by atoms with Gasteiger partial charge in [-0.2, -0.15) is 5.10 Å². The van der Waals surface area contributed by atoms with Gasteiger partial charge in [-0.05, 0) is 25.8 Å². The fraction of sp³-hybridized carbons (Fsp3) is 0.292. The first kappa shape index (κ1) is 24.1. The maximum Gasteiger partial charge on any atom is 0.277 e. The Morgan fingerprint density at radius 2 is 1.83 bits per heavy atom. The van der Waals surface area contributed by atoms with Crippen LogP contribution in [0.2, 0.25) is 10.0 Å². The minimum atomic E-state index is -0.571. The molecule has 1 fully saturated rings. The summed E-state index contributed by atoms with van der Waals surface area (Å²) in [6, 6.07) is 7.22. The quantitative estimate of drug-likeness (QED) is 0.389. The Kier molecular flexibility index (Phi) is 6.80. The summed E-state index contributed by atoms with van der Waals surface area (Å²) in [5.74, 6) is -0.425. The Morgan fingerprint density at radius 1 is 1.11 bits per heavy atom. The number of nitrogens with zero attached hydrogens (tertiary/aromatic N) is 6. The van der Waals surface area contributed by atoms with Crippen molar-refractivity contribution in [1.82, 2.24) is 29.6 Å². The second kappa shape index (κ2) is 10.2. The number of fused-ring (bicyclic) bond motifs is 1. The molecular weight excluding hydrogens is 505 g/mol. The number of hydrogen-bond acceptors (Lipinski definition) is 6. The predicted octanol–water partition coefficient (Wildman–Crippen LogP) is 4.00. The smallest absolute Gasteiger partial charge is 0.277 e. The summed E-state index contributed by atoms with van der Waals surface area (Å²) in [5.41, 5.74) is 1.79. The van der Waals surface area contributed by atoms with E-state index < -0.39 is 12.0 Å². The monoisotopic (exact) mass is 527 g/mol. The summed E-state index contributed by atoms with van der Waals surface area (Å²) in [5, 5.41) is 12.8. The number of halogens is 2. The number of para-hydroxylation sites is 1. The van der Waals surface area contributed by atoms with E-state index in [9.17, 15) is 9.59 Å². The van der Waals surface area contributed by atoms with Gasteiger partial charge in [-0.25, -0.2) is 0 Å². The third kappa shape index (κ3) is 4.87. The van der Waals surface area contributed by atoms with Crippen molar-refractivity contribution in [2.45, 2.75) is 32.4 Å². The van der Waals surface area contributed by atoms with Gasteiger partial charge in [-0.3, -0.25) is 19.3 Å². The molecule has 1 aliphatic heterocycles. The molecule has 186 valence electrons. The average Bonchev–Trinajstić information content (AvgIpc) is 3.60. The van der Waals surface area contributed by atoms with Crippen LogP contribution in [-0.4, -0.2) is 54.5 Å². The zero-order valence-corrected chi connectivity index (χ0v) is 20.9. The van der Waals surface area contributed by atoms with Gasteiger partial charge in [0.25, 0.3) is 5.91 Å². The van der Waals surface area contributed by atoms with Crippen molar-refractivity contribution in [3.63, 3.8) is 0 Å². The highest BCUT2D eigenvalue weighted by molar-refractivity contribution is 6.35. The summed E-state index contributed by atoms with van der Waals surface area (Å²) in [6.45, 7) is 3.46. The molecule has 1 aromatic carbocycles. The van der Waals surface area contributed by atoms with E-state index in [0.29, 0.717) is 32.2 Å². The van der Waals surface area contributed by atoms with Crippen LogP contribution in [0.3, 0.4) is 0 Å². The summed E-state index contributed by atoms with van der Waals surface area (Å²) in [7, 11) is 0. The van der Waals surface area contributed by atoms with Crippen molar-refractivity contribution < 1.29 is 14.4 Å². The molecule has 0 bridgehead atoms. The normalized spacial score (nSPS) is 14.2. The van der Waals surface area contributed by atoms with Gasteiger partial charge in [0, 0.05) is 42.6 Å². The molecule has 0 saturated carbocycles. The molecular formula is C24H23Cl2N7O3. The second-order valence-electron chi connectivity index (χ2n) is 8.47. The van der Waals surface area contributed by atoms with Gasteiger partial charge in [0.1, 0.15) is 12.1 Å². The summed E-state index contributed by atoms with van der Waals surface area (Å²) in [4.78, 5) is 38.6. The van der Waals surface area contributed by atoms with E-state index >= 15 is 0 Å². The van der Waals surface area contributed by atoms with Crippen LogP contribution in [0.4, 0.5) is 5.69 Å². The van der Waals surface area contributed by atoms with E-state index in [-0.39, 0.29) is 18.1 Å². The fourth-order valence-electron chi connectivity index (χ4n) is 4.21. The van der Waals surface area contributed by atoms with Gasteiger partial charge in [-0.15, -0.1) is 5.10 Å². The molecule has 4 heterocycles. The van der Waals surface area contributed by atoms with Crippen LogP contribution >= 0.6 is 23.2 Å². The summed E-state index contributed by atoms with van der Waals surface area (Å²) >= 11 is 12.5. The van der Waals surface area contributed by atoms with Crippen molar-refractivity contribution in [2.24, 2.45) is 0 Å². The van der Waals surface area contributed by atoms with Crippen LogP contribution in [0.5, 0.6) is 0 Å². The van der Waals surface area contributed by atoms with E-state index in [1.165, 1.54) is 28.1 Å². The molecule has 2 amide bonds. The number of likely N-dealkylation sites (tertiary alicyclic amines) is 1. The first-order valence-electron chi connectivity index (χ1n) is 11.5. The number of rotatable bonds is 7. The number of anilines is 1. The van der Waals surface area contributed by atoms with E-state index in [1.54, 1.807) is 25.3 Å². The highest BCUT2D eigenvalue weighted by Crippen LogP contribution is 2.30. The number of benzene rings is 1. The van der Waals surface area contributed by atoms with Gasteiger partial charge < -0.3 is 15.1 Å². The Hall–Kier alpha value is -3.63. The average molecular weight is 528 g/mol. The molecule has 1 N–H and O–H groups in total. The lowest BCUT2D eigenvalue weighted by molar-refractivity contribution is -0.130. The van der Waals surface area contributed by atoms with E-state index in [4.69, 9.17) is 28.0 Å². The second-order valence-corrected chi connectivity index (χ2v) is 9.29. The first-order chi connectivity index (χ1) is 17.4. The minimum absolute atomic E-state index is 0.0129. The van der Waals surface area contributed by atoms with Gasteiger partial charge in [0.2, 0.25) is 5.91 Å². The lowest BCUT2D eigenvalue weighted by atomic mass is 10.2. The molecule has 1 aliphatic rings.